The normalized spacial score (nSPS) is 26.5. The molecular formula is C17H24N2OS. The van der Waals surface area contributed by atoms with E-state index in [-0.39, 0.29) is 18.1 Å². The first-order valence-corrected chi connectivity index (χ1v) is 9.06. The molecule has 1 aromatic rings. The summed E-state index contributed by atoms with van der Waals surface area (Å²) in [6.07, 6.45) is 5.68. The van der Waals surface area contributed by atoms with Crippen LogP contribution in [-0.4, -0.2) is 29.1 Å². The van der Waals surface area contributed by atoms with Gasteiger partial charge in [-0.15, -0.1) is 11.8 Å². The topological polar surface area (TPSA) is 32.3 Å². The average Bonchev–Trinajstić information content (AvgIpc) is 2.76. The molecule has 1 aliphatic carbocycles. The SMILES string of the molecule is CSc1ccc(C2NC(C(C)C)C(=O)N2C2CCC2)cc1. The van der Waals surface area contributed by atoms with Gasteiger partial charge < -0.3 is 4.90 Å². The highest BCUT2D eigenvalue weighted by Gasteiger charge is 2.45. The molecule has 3 nitrogen and oxygen atoms in total. The largest absolute Gasteiger partial charge is 0.319 e. The third-order valence-corrected chi connectivity index (χ3v) is 5.45. The van der Waals surface area contributed by atoms with Gasteiger partial charge in [-0.1, -0.05) is 26.0 Å². The van der Waals surface area contributed by atoms with Gasteiger partial charge in [0.25, 0.3) is 0 Å². The van der Waals surface area contributed by atoms with Crippen molar-refractivity contribution in [3.8, 4) is 0 Å². The lowest BCUT2D eigenvalue weighted by Crippen LogP contribution is -2.44. The average molecular weight is 304 g/mol. The molecule has 0 spiro atoms. The Kier molecular flexibility index (Phi) is 4.27. The Morgan fingerprint density at radius 2 is 1.90 bits per heavy atom. The molecule has 1 saturated carbocycles. The maximum atomic E-state index is 12.7. The molecule has 3 rings (SSSR count). The van der Waals surface area contributed by atoms with Gasteiger partial charge in [-0.2, -0.15) is 0 Å². The number of benzene rings is 1. The molecule has 1 aliphatic heterocycles. The van der Waals surface area contributed by atoms with Crippen LogP contribution in [0.5, 0.6) is 0 Å². The molecule has 0 bridgehead atoms. The summed E-state index contributed by atoms with van der Waals surface area (Å²) >= 11 is 1.75. The lowest BCUT2D eigenvalue weighted by molar-refractivity contribution is -0.134. The van der Waals surface area contributed by atoms with Gasteiger partial charge >= 0.3 is 0 Å². The molecule has 1 aromatic carbocycles. The van der Waals surface area contributed by atoms with Crippen LogP contribution in [0.2, 0.25) is 0 Å². The van der Waals surface area contributed by atoms with Crippen LogP contribution < -0.4 is 5.32 Å². The molecule has 0 aromatic heterocycles. The Bertz CT molecular complexity index is 510. The zero-order valence-electron chi connectivity index (χ0n) is 13.0. The number of hydrogen-bond donors (Lipinski definition) is 1. The third-order valence-electron chi connectivity index (χ3n) is 4.70. The molecule has 4 heteroatoms. The molecule has 2 atom stereocenters. The number of hydrogen-bond acceptors (Lipinski definition) is 3. The van der Waals surface area contributed by atoms with Crippen LogP contribution in [0.4, 0.5) is 0 Å². The van der Waals surface area contributed by atoms with Crippen LogP contribution in [0, 0.1) is 5.92 Å². The molecule has 0 radical (unpaired) electrons. The monoisotopic (exact) mass is 304 g/mol. The van der Waals surface area contributed by atoms with E-state index in [1.165, 1.54) is 16.9 Å². The summed E-state index contributed by atoms with van der Waals surface area (Å²) in [4.78, 5) is 16.1. The summed E-state index contributed by atoms with van der Waals surface area (Å²) in [6, 6.07) is 8.99. The van der Waals surface area contributed by atoms with E-state index in [0.29, 0.717) is 12.0 Å². The van der Waals surface area contributed by atoms with Gasteiger partial charge in [-0.25, -0.2) is 0 Å². The van der Waals surface area contributed by atoms with Crippen LogP contribution in [0.3, 0.4) is 0 Å². The molecule has 1 N–H and O–H groups in total. The summed E-state index contributed by atoms with van der Waals surface area (Å²) in [7, 11) is 0. The van der Waals surface area contributed by atoms with E-state index < -0.39 is 0 Å². The van der Waals surface area contributed by atoms with Crippen molar-refractivity contribution in [2.45, 2.75) is 56.3 Å². The Morgan fingerprint density at radius 1 is 1.24 bits per heavy atom. The second kappa shape index (κ2) is 6.01. The van der Waals surface area contributed by atoms with E-state index in [9.17, 15) is 4.79 Å². The first-order chi connectivity index (χ1) is 10.1. The summed E-state index contributed by atoms with van der Waals surface area (Å²) in [5, 5.41) is 3.56. The van der Waals surface area contributed by atoms with Gasteiger partial charge in [0.1, 0.15) is 6.17 Å². The van der Waals surface area contributed by atoms with Crippen LogP contribution >= 0.6 is 11.8 Å². The molecule has 2 aliphatic rings. The van der Waals surface area contributed by atoms with Crippen molar-refractivity contribution in [2.24, 2.45) is 5.92 Å². The Labute approximate surface area is 131 Å². The van der Waals surface area contributed by atoms with Crippen molar-refractivity contribution < 1.29 is 4.79 Å². The van der Waals surface area contributed by atoms with E-state index in [1.807, 2.05) is 0 Å². The number of amides is 1. The van der Waals surface area contributed by atoms with Crippen molar-refractivity contribution in [1.29, 1.82) is 0 Å². The molecule has 2 fully saturated rings. The molecular weight excluding hydrogens is 280 g/mol. The van der Waals surface area contributed by atoms with Crippen molar-refractivity contribution in [1.82, 2.24) is 10.2 Å². The van der Waals surface area contributed by atoms with Crippen LogP contribution in [0.15, 0.2) is 29.2 Å². The Hall–Kier alpha value is -1.00. The second-order valence-corrected chi connectivity index (χ2v) is 7.27. The summed E-state index contributed by atoms with van der Waals surface area (Å²) in [5.74, 6) is 0.615. The van der Waals surface area contributed by atoms with Gasteiger partial charge in [-0.05, 0) is 49.1 Å². The number of nitrogens with zero attached hydrogens (tertiary/aromatic N) is 1. The highest BCUT2D eigenvalue weighted by Crippen LogP contribution is 2.37. The number of carbonyl (C=O) groups is 1. The smallest absolute Gasteiger partial charge is 0.241 e. The standard InChI is InChI=1S/C17H24N2OS/c1-11(2)15-17(20)19(13-5-4-6-13)16(18-15)12-7-9-14(21-3)10-8-12/h7-11,13,15-16,18H,4-6H2,1-3H3. The van der Waals surface area contributed by atoms with Crippen molar-refractivity contribution in [3.05, 3.63) is 29.8 Å². The number of carbonyl (C=O) groups excluding carboxylic acids is 1. The van der Waals surface area contributed by atoms with E-state index in [2.05, 4.69) is 54.6 Å². The molecule has 21 heavy (non-hydrogen) atoms. The molecule has 1 amide bonds. The van der Waals surface area contributed by atoms with Gasteiger partial charge in [0, 0.05) is 10.9 Å². The number of thioether (sulfide) groups is 1. The first-order valence-electron chi connectivity index (χ1n) is 7.84. The minimum Gasteiger partial charge on any atom is -0.319 e. The highest BCUT2D eigenvalue weighted by atomic mass is 32.2. The molecule has 114 valence electrons. The fourth-order valence-electron chi connectivity index (χ4n) is 3.19. The predicted molar refractivity (Wildman–Crippen MR) is 87.2 cm³/mol. The molecule has 2 unspecified atom stereocenters. The van der Waals surface area contributed by atoms with Crippen molar-refractivity contribution in [3.63, 3.8) is 0 Å². The lowest BCUT2D eigenvalue weighted by Gasteiger charge is -2.38. The van der Waals surface area contributed by atoms with E-state index in [0.717, 1.165) is 12.8 Å². The van der Waals surface area contributed by atoms with E-state index >= 15 is 0 Å². The van der Waals surface area contributed by atoms with Crippen LogP contribution in [-0.2, 0) is 4.79 Å². The minimum atomic E-state index is -0.0455. The van der Waals surface area contributed by atoms with Gasteiger partial charge in [-0.3, -0.25) is 10.1 Å². The van der Waals surface area contributed by atoms with E-state index in [4.69, 9.17) is 0 Å². The lowest BCUT2D eigenvalue weighted by atomic mass is 9.90. The quantitative estimate of drug-likeness (QED) is 0.865. The number of nitrogens with one attached hydrogen (secondary N) is 1. The zero-order valence-corrected chi connectivity index (χ0v) is 13.8. The van der Waals surface area contributed by atoms with Crippen LogP contribution in [0.1, 0.15) is 44.8 Å². The first kappa shape index (κ1) is 14.9. The fraction of sp³-hybridized carbons (Fsp3) is 0.588. The van der Waals surface area contributed by atoms with Gasteiger partial charge in [0.15, 0.2) is 0 Å². The van der Waals surface area contributed by atoms with Crippen molar-refractivity contribution in [2.75, 3.05) is 6.26 Å². The highest BCUT2D eigenvalue weighted by molar-refractivity contribution is 7.98. The van der Waals surface area contributed by atoms with E-state index in [1.54, 1.807) is 11.8 Å². The van der Waals surface area contributed by atoms with Crippen LogP contribution in [0.25, 0.3) is 0 Å². The summed E-state index contributed by atoms with van der Waals surface area (Å²) in [6.45, 7) is 4.24. The third kappa shape index (κ3) is 2.71. The number of rotatable bonds is 4. The van der Waals surface area contributed by atoms with Gasteiger partial charge in [0.2, 0.25) is 5.91 Å². The summed E-state index contributed by atoms with van der Waals surface area (Å²) in [5.41, 5.74) is 1.20. The minimum absolute atomic E-state index is 0.0455. The molecule has 1 heterocycles. The fourth-order valence-corrected chi connectivity index (χ4v) is 3.59. The van der Waals surface area contributed by atoms with Crippen molar-refractivity contribution >= 4 is 17.7 Å². The van der Waals surface area contributed by atoms with Gasteiger partial charge in [0.05, 0.1) is 6.04 Å². The Morgan fingerprint density at radius 3 is 2.38 bits per heavy atom. The summed E-state index contributed by atoms with van der Waals surface area (Å²) < 4.78 is 0. The zero-order chi connectivity index (χ0) is 15.0. The predicted octanol–water partition coefficient (Wildman–Crippen LogP) is 3.42. The maximum absolute atomic E-state index is 12.7. The molecule has 1 saturated heterocycles. The Balaban J connectivity index is 1.88. The second-order valence-electron chi connectivity index (χ2n) is 6.39. The maximum Gasteiger partial charge on any atom is 0.241 e.